The third-order valence-corrected chi connectivity index (χ3v) is 3.94. The predicted octanol–water partition coefficient (Wildman–Crippen LogP) is 3.48. The van der Waals surface area contributed by atoms with Crippen LogP contribution in [0.25, 0.3) is 10.4 Å². The highest BCUT2D eigenvalue weighted by atomic mass is 32.1. The van der Waals surface area contributed by atoms with Gasteiger partial charge in [0.15, 0.2) is 0 Å². The molecule has 0 saturated heterocycles. The van der Waals surface area contributed by atoms with Crippen LogP contribution >= 0.6 is 11.3 Å². The monoisotopic (exact) mass is 272 g/mol. The molecule has 2 rings (SSSR count). The maximum absolute atomic E-state index is 11.3. The molecule has 2 aromatic rings. The van der Waals surface area contributed by atoms with Gasteiger partial charge in [-0.25, -0.2) is 4.98 Å². The number of thiazole rings is 1. The van der Waals surface area contributed by atoms with Crippen LogP contribution in [0.3, 0.4) is 0 Å². The van der Waals surface area contributed by atoms with Crippen molar-refractivity contribution in [2.24, 2.45) is 0 Å². The van der Waals surface area contributed by atoms with Gasteiger partial charge in [0.05, 0.1) is 22.1 Å². The average Bonchev–Trinajstić information content (AvgIpc) is 2.85. The highest BCUT2D eigenvalue weighted by Gasteiger charge is 2.09. The molecular weight excluding hydrogens is 256 g/mol. The second-order valence-corrected chi connectivity index (χ2v) is 5.18. The number of hydrogen-bond donors (Lipinski definition) is 1. The van der Waals surface area contributed by atoms with E-state index in [2.05, 4.69) is 29.0 Å². The number of nitrogens with one attached hydrogen (secondary N) is 1. The first-order valence-corrected chi connectivity index (χ1v) is 6.93. The Morgan fingerprint density at radius 3 is 2.63 bits per heavy atom. The number of rotatable bonds is 4. The Kier molecular flexibility index (Phi) is 4.12. The van der Waals surface area contributed by atoms with Crippen LogP contribution in [0.15, 0.2) is 42.4 Å². The molecule has 4 heteroatoms. The smallest absolute Gasteiger partial charge is 0.243 e. The second-order valence-electron chi connectivity index (χ2n) is 4.32. The fourth-order valence-corrected chi connectivity index (χ4v) is 2.67. The van der Waals surface area contributed by atoms with Crippen molar-refractivity contribution < 1.29 is 4.79 Å². The summed E-state index contributed by atoms with van der Waals surface area (Å²) in [5.41, 5.74) is 5.13. The van der Waals surface area contributed by atoms with Crippen LogP contribution in [0, 0.1) is 6.92 Å². The Hall–Kier alpha value is -1.94. The fraction of sp³-hybridized carbons (Fsp3) is 0.200. The second kappa shape index (κ2) is 5.80. The lowest BCUT2D eigenvalue weighted by molar-refractivity contribution is -0.117. The summed E-state index contributed by atoms with van der Waals surface area (Å²) in [5.74, 6) is -0.158. The van der Waals surface area contributed by atoms with Gasteiger partial charge in [-0.2, -0.15) is 0 Å². The van der Waals surface area contributed by atoms with Crippen LogP contribution < -0.4 is 5.32 Å². The van der Waals surface area contributed by atoms with Crippen molar-refractivity contribution in [2.75, 3.05) is 0 Å². The van der Waals surface area contributed by atoms with Crippen molar-refractivity contribution >= 4 is 17.2 Å². The number of amides is 1. The molecule has 0 bridgehead atoms. The molecule has 0 aliphatic heterocycles. The van der Waals surface area contributed by atoms with Crippen LogP contribution in [-0.2, 0) is 4.79 Å². The van der Waals surface area contributed by atoms with E-state index in [9.17, 15) is 4.79 Å². The molecule has 0 unspecified atom stereocenters. The van der Waals surface area contributed by atoms with Crippen molar-refractivity contribution in [3.05, 3.63) is 53.7 Å². The Morgan fingerprint density at radius 2 is 2.11 bits per heavy atom. The summed E-state index contributed by atoms with van der Waals surface area (Å²) in [4.78, 5) is 16.7. The molecule has 98 valence electrons. The molecule has 0 aliphatic rings. The molecule has 3 nitrogen and oxygen atoms in total. The summed E-state index contributed by atoms with van der Waals surface area (Å²) >= 11 is 1.64. The minimum Gasteiger partial charge on any atom is -0.346 e. The number of carbonyl (C=O) groups is 1. The van der Waals surface area contributed by atoms with Crippen LogP contribution in [0.2, 0.25) is 0 Å². The van der Waals surface area contributed by atoms with E-state index in [1.54, 1.807) is 11.3 Å². The Labute approximate surface area is 117 Å². The highest BCUT2D eigenvalue weighted by molar-refractivity contribution is 7.13. The minimum atomic E-state index is -0.158. The van der Waals surface area contributed by atoms with Crippen LogP contribution in [-0.4, -0.2) is 10.9 Å². The fourth-order valence-electron chi connectivity index (χ4n) is 1.86. The lowest BCUT2D eigenvalue weighted by Crippen LogP contribution is -2.24. The maximum atomic E-state index is 11.3. The lowest BCUT2D eigenvalue weighted by Gasteiger charge is -2.13. The lowest BCUT2D eigenvalue weighted by atomic mass is 10.0. The number of benzene rings is 1. The summed E-state index contributed by atoms with van der Waals surface area (Å²) in [6.45, 7) is 7.41. The third kappa shape index (κ3) is 3.09. The van der Waals surface area contributed by atoms with Crippen LogP contribution in [0.4, 0.5) is 0 Å². The summed E-state index contributed by atoms with van der Waals surface area (Å²) < 4.78 is 0. The molecule has 1 N–H and O–H groups in total. The van der Waals surface area contributed by atoms with Gasteiger partial charge in [0.2, 0.25) is 5.91 Å². The molecule has 0 aliphatic carbocycles. The van der Waals surface area contributed by atoms with Gasteiger partial charge in [-0.1, -0.05) is 30.8 Å². The largest absolute Gasteiger partial charge is 0.346 e. The molecule has 1 heterocycles. The van der Waals surface area contributed by atoms with Crippen molar-refractivity contribution in [2.45, 2.75) is 19.9 Å². The molecule has 1 aromatic carbocycles. The summed E-state index contributed by atoms with van der Waals surface area (Å²) in [6.07, 6.45) is 1.28. The molecule has 0 radical (unpaired) electrons. The molecule has 19 heavy (non-hydrogen) atoms. The number of aromatic nitrogens is 1. The number of nitrogens with zero attached hydrogens (tertiary/aromatic N) is 1. The molecular formula is C15H16N2OS. The standard InChI is InChI=1S/C15H16N2OS/c1-4-14(18)17-10(2)12-5-7-13(8-6-12)15-11(3)16-9-19-15/h4-10H,1H2,2-3H3,(H,17,18)/t10-/m0/s1. The average molecular weight is 272 g/mol. The van der Waals surface area contributed by atoms with Gasteiger partial charge in [0.25, 0.3) is 0 Å². The van der Waals surface area contributed by atoms with Crippen LogP contribution in [0.5, 0.6) is 0 Å². The SMILES string of the molecule is C=CC(=O)N[C@@H](C)c1ccc(-c2scnc2C)cc1. The van der Waals surface area contributed by atoms with E-state index in [1.807, 2.05) is 31.5 Å². The van der Waals surface area contributed by atoms with E-state index in [0.717, 1.165) is 16.8 Å². The third-order valence-electron chi connectivity index (χ3n) is 2.96. The summed E-state index contributed by atoms with van der Waals surface area (Å²) in [7, 11) is 0. The van der Waals surface area contributed by atoms with Gasteiger partial charge in [-0.05, 0) is 31.1 Å². The zero-order valence-corrected chi connectivity index (χ0v) is 11.8. The van der Waals surface area contributed by atoms with Crippen molar-refractivity contribution in [1.29, 1.82) is 0 Å². The maximum Gasteiger partial charge on any atom is 0.243 e. The Balaban J connectivity index is 2.17. The summed E-state index contributed by atoms with van der Waals surface area (Å²) in [5, 5.41) is 2.84. The molecule has 1 amide bonds. The van der Waals surface area contributed by atoms with Crippen molar-refractivity contribution in [3.8, 4) is 10.4 Å². The van der Waals surface area contributed by atoms with E-state index in [0.29, 0.717) is 0 Å². The van der Waals surface area contributed by atoms with Gasteiger partial charge in [-0.15, -0.1) is 11.3 Å². The first-order chi connectivity index (χ1) is 9.11. The van der Waals surface area contributed by atoms with Gasteiger partial charge < -0.3 is 5.32 Å². The van der Waals surface area contributed by atoms with Crippen molar-refractivity contribution in [3.63, 3.8) is 0 Å². The van der Waals surface area contributed by atoms with Crippen LogP contribution in [0.1, 0.15) is 24.2 Å². The first-order valence-electron chi connectivity index (χ1n) is 6.05. The quantitative estimate of drug-likeness (QED) is 0.866. The first kappa shape index (κ1) is 13.5. The molecule has 1 atom stereocenters. The van der Waals surface area contributed by atoms with Gasteiger partial charge in [-0.3, -0.25) is 4.79 Å². The van der Waals surface area contributed by atoms with E-state index in [4.69, 9.17) is 0 Å². The number of aryl methyl sites for hydroxylation is 1. The number of hydrogen-bond acceptors (Lipinski definition) is 3. The van der Waals surface area contributed by atoms with E-state index in [1.165, 1.54) is 11.0 Å². The zero-order valence-electron chi connectivity index (χ0n) is 11.0. The highest BCUT2D eigenvalue weighted by Crippen LogP contribution is 2.28. The topological polar surface area (TPSA) is 42.0 Å². The van der Waals surface area contributed by atoms with Crippen molar-refractivity contribution in [1.82, 2.24) is 10.3 Å². The Morgan fingerprint density at radius 1 is 1.42 bits per heavy atom. The van der Waals surface area contributed by atoms with E-state index < -0.39 is 0 Å². The van der Waals surface area contributed by atoms with E-state index >= 15 is 0 Å². The molecule has 1 aromatic heterocycles. The van der Waals surface area contributed by atoms with Gasteiger partial charge in [0, 0.05) is 0 Å². The molecule has 0 spiro atoms. The van der Waals surface area contributed by atoms with Gasteiger partial charge >= 0.3 is 0 Å². The minimum absolute atomic E-state index is 0.0258. The zero-order chi connectivity index (χ0) is 13.8. The molecule has 0 fully saturated rings. The number of carbonyl (C=O) groups excluding carboxylic acids is 1. The Bertz CT molecular complexity index is 586. The van der Waals surface area contributed by atoms with Gasteiger partial charge in [0.1, 0.15) is 0 Å². The van der Waals surface area contributed by atoms with E-state index in [-0.39, 0.29) is 11.9 Å². The predicted molar refractivity (Wildman–Crippen MR) is 79.0 cm³/mol. The molecule has 0 saturated carbocycles. The normalized spacial score (nSPS) is 11.9. The summed E-state index contributed by atoms with van der Waals surface area (Å²) in [6, 6.07) is 8.16.